The third kappa shape index (κ3) is 3.35. The number of thiophene rings is 1. The molecule has 3 aromatic rings. The molecule has 0 saturated heterocycles. The van der Waals surface area contributed by atoms with E-state index in [1.165, 1.54) is 0 Å². The van der Waals surface area contributed by atoms with E-state index in [2.05, 4.69) is 10.3 Å². The summed E-state index contributed by atoms with van der Waals surface area (Å²) in [5.41, 5.74) is 1.85. The third-order valence-electron chi connectivity index (χ3n) is 3.10. The van der Waals surface area contributed by atoms with Gasteiger partial charge in [-0.1, -0.05) is 30.3 Å². The summed E-state index contributed by atoms with van der Waals surface area (Å²) in [6, 6.07) is 13.8. The van der Waals surface area contributed by atoms with Crippen molar-refractivity contribution in [3.63, 3.8) is 0 Å². The van der Waals surface area contributed by atoms with Gasteiger partial charge in [0, 0.05) is 28.1 Å². The summed E-state index contributed by atoms with van der Waals surface area (Å²) in [6.07, 6.45) is 5.12. The highest BCUT2D eigenvalue weighted by Crippen LogP contribution is 2.17. The van der Waals surface area contributed by atoms with E-state index >= 15 is 0 Å². The molecule has 0 aliphatic heterocycles. The normalized spacial score (nSPS) is 11.0. The number of para-hydroxylation sites is 1. The molecule has 0 radical (unpaired) electrons. The van der Waals surface area contributed by atoms with Gasteiger partial charge in [0.05, 0.1) is 12.1 Å². The number of hydrogen-bond donors (Lipinski definition) is 1. The van der Waals surface area contributed by atoms with Gasteiger partial charge in [0.15, 0.2) is 0 Å². The minimum Gasteiger partial charge on any atom is -0.348 e. The molecule has 0 bridgehead atoms. The van der Waals surface area contributed by atoms with Crippen molar-refractivity contribution in [3.05, 3.63) is 70.6 Å². The van der Waals surface area contributed by atoms with E-state index < -0.39 is 0 Å². The lowest BCUT2D eigenvalue weighted by molar-refractivity contribution is -0.116. The van der Waals surface area contributed by atoms with Gasteiger partial charge in [-0.05, 0) is 23.6 Å². The molecule has 3 rings (SSSR count). The SMILES string of the molecule is O=C(C=Cc1cccc2cccnc12)NCc1cccs1. The number of aromatic nitrogens is 1. The van der Waals surface area contributed by atoms with Crippen LogP contribution in [0.2, 0.25) is 0 Å². The van der Waals surface area contributed by atoms with Crippen molar-refractivity contribution in [2.75, 3.05) is 0 Å². The molecule has 0 fully saturated rings. The number of nitrogens with one attached hydrogen (secondary N) is 1. The summed E-state index contributed by atoms with van der Waals surface area (Å²) in [6.45, 7) is 0.564. The average Bonchev–Trinajstić information content (AvgIpc) is 3.04. The monoisotopic (exact) mass is 294 g/mol. The van der Waals surface area contributed by atoms with Gasteiger partial charge in [-0.2, -0.15) is 0 Å². The van der Waals surface area contributed by atoms with Crippen molar-refractivity contribution >= 4 is 34.2 Å². The van der Waals surface area contributed by atoms with E-state index in [1.807, 2.05) is 47.8 Å². The standard InChI is InChI=1S/C17H14N2OS/c20-16(19-12-15-7-3-11-21-15)9-8-14-5-1-4-13-6-2-10-18-17(13)14/h1-11H,12H2,(H,19,20). The maximum Gasteiger partial charge on any atom is 0.244 e. The number of pyridine rings is 1. The third-order valence-corrected chi connectivity index (χ3v) is 3.97. The number of nitrogens with zero attached hydrogens (tertiary/aromatic N) is 1. The fourth-order valence-electron chi connectivity index (χ4n) is 2.07. The van der Waals surface area contributed by atoms with Crippen molar-refractivity contribution in [2.45, 2.75) is 6.54 Å². The largest absolute Gasteiger partial charge is 0.348 e. The second-order valence-electron chi connectivity index (χ2n) is 4.55. The number of fused-ring (bicyclic) bond motifs is 1. The summed E-state index contributed by atoms with van der Waals surface area (Å²) in [5.74, 6) is -0.101. The summed E-state index contributed by atoms with van der Waals surface area (Å²) in [4.78, 5) is 17.3. The van der Waals surface area contributed by atoms with Crippen LogP contribution in [0.25, 0.3) is 17.0 Å². The molecule has 1 N–H and O–H groups in total. The molecule has 0 unspecified atom stereocenters. The molecule has 104 valence electrons. The van der Waals surface area contributed by atoms with Crippen LogP contribution < -0.4 is 5.32 Å². The van der Waals surface area contributed by atoms with Gasteiger partial charge in [-0.25, -0.2) is 0 Å². The van der Waals surface area contributed by atoms with Crippen molar-refractivity contribution in [1.29, 1.82) is 0 Å². The van der Waals surface area contributed by atoms with E-state index in [0.29, 0.717) is 6.54 Å². The molecule has 1 amide bonds. The Kier molecular flexibility index (Phi) is 4.07. The van der Waals surface area contributed by atoms with E-state index in [4.69, 9.17) is 0 Å². The molecule has 0 aliphatic rings. The molecule has 2 heterocycles. The fourth-order valence-corrected chi connectivity index (χ4v) is 2.72. The van der Waals surface area contributed by atoms with Gasteiger partial charge < -0.3 is 5.32 Å². The van der Waals surface area contributed by atoms with Crippen LogP contribution >= 0.6 is 11.3 Å². The highest BCUT2D eigenvalue weighted by atomic mass is 32.1. The van der Waals surface area contributed by atoms with Gasteiger partial charge in [-0.15, -0.1) is 11.3 Å². The van der Waals surface area contributed by atoms with Gasteiger partial charge in [0.1, 0.15) is 0 Å². The van der Waals surface area contributed by atoms with Crippen LogP contribution in [0.1, 0.15) is 10.4 Å². The van der Waals surface area contributed by atoms with Crippen LogP contribution in [0.3, 0.4) is 0 Å². The van der Waals surface area contributed by atoms with Crippen molar-refractivity contribution < 1.29 is 4.79 Å². The number of amides is 1. The average molecular weight is 294 g/mol. The zero-order chi connectivity index (χ0) is 14.5. The van der Waals surface area contributed by atoms with Crippen LogP contribution in [0, 0.1) is 0 Å². The van der Waals surface area contributed by atoms with E-state index in [1.54, 1.807) is 29.7 Å². The van der Waals surface area contributed by atoms with Crippen LogP contribution in [0.15, 0.2) is 60.1 Å². The Morgan fingerprint density at radius 3 is 2.95 bits per heavy atom. The van der Waals surface area contributed by atoms with Gasteiger partial charge in [-0.3, -0.25) is 9.78 Å². The van der Waals surface area contributed by atoms with Gasteiger partial charge in [0.25, 0.3) is 0 Å². The summed E-state index contributed by atoms with van der Waals surface area (Å²) in [7, 11) is 0. The number of carbonyl (C=O) groups is 1. The molecule has 2 aromatic heterocycles. The maximum atomic E-state index is 11.8. The molecule has 21 heavy (non-hydrogen) atoms. The van der Waals surface area contributed by atoms with Crippen LogP contribution in [0.4, 0.5) is 0 Å². The van der Waals surface area contributed by atoms with Crippen LogP contribution in [-0.2, 0) is 11.3 Å². The number of rotatable bonds is 4. The Morgan fingerprint density at radius 1 is 1.19 bits per heavy atom. The Morgan fingerprint density at radius 2 is 2.10 bits per heavy atom. The lowest BCUT2D eigenvalue weighted by Gasteiger charge is -2.01. The topological polar surface area (TPSA) is 42.0 Å². The first-order valence-corrected chi connectivity index (χ1v) is 7.53. The van der Waals surface area contributed by atoms with E-state index in [-0.39, 0.29) is 5.91 Å². The zero-order valence-corrected chi connectivity index (χ0v) is 12.1. The first-order valence-electron chi connectivity index (χ1n) is 6.65. The molecular weight excluding hydrogens is 280 g/mol. The number of carbonyl (C=O) groups excluding carboxylic acids is 1. The highest BCUT2D eigenvalue weighted by molar-refractivity contribution is 7.09. The summed E-state index contributed by atoms with van der Waals surface area (Å²) >= 11 is 1.63. The quantitative estimate of drug-likeness (QED) is 0.747. The van der Waals surface area contributed by atoms with Crippen molar-refractivity contribution in [3.8, 4) is 0 Å². The maximum absolute atomic E-state index is 11.8. The van der Waals surface area contributed by atoms with Gasteiger partial charge in [0.2, 0.25) is 5.91 Å². The molecule has 4 heteroatoms. The smallest absolute Gasteiger partial charge is 0.244 e. The highest BCUT2D eigenvalue weighted by Gasteiger charge is 2.00. The lowest BCUT2D eigenvalue weighted by atomic mass is 10.1. The number of benzene rings is 1. The zero-order valence-electron chi connectivity index (χ0n) is 11.3. The molecule has 0 spiro atoms. The molecule has 1 aromatic carbocycles. The molecule has 0 saturated carbocycles. The van der Waals surface area contributed by atoms with E-state index in [0.717, 1.165) is 21.3 Å². The second-order valence-corrected chi connectivity index (χ2v) is 5.59. The predicted octanol–water partition coefficient (Wildman–Crippen LogP) is 3.63. The molecule has 0 atom stereocenters. The van der Waals surface area contributed by atoms with Gasteiger partial charge >= 0.3 is 0 Å². The molecule has 3 nitrogen and oxygen atoms in total. The van der Waals surface area contributed by atoms with Crippen molar-refractivity contribution in [1.82, 2.24) is 10.3 Å². The first kappa shape index (κ1) is 13.5. The van der Waals surface area contributed by atoms with Crippen LogP contribution in [0.5, 0.6) is 0 Å². The minimum atomic E-state index is -0.101. The molecular formula is C17H14N2OS. The Hall–Kier alpha value is -2.46. The Labute approximate surface area is 127 Å². The Balaban J connectivity index is 1.71. The van der Waals surface area contributed by atoms with Crippen LogP contribution in [-0.4, -0.2) is 10.9 Å². The lowest BCUT2D eigenvalue weighted by Crippen LogP contribution is -2.19. The summed E-state index contributed by atoms with van der Waals surface area (Å²) < 4.78 is 0. The second kappa shape index (κ2) is 6.33. The predicted molar refractivity (Wildman–Crippen MR) is 86.9 cm³/mol. The fraction of sp³-hybridized carbons (Fsp3) is 0.0588. The summed E-state index contributed by atoms with van der Waals surface area (Å²) in [5, 5.41) is 5.93. The minimum absolute atomic E-state index is 0.101. The number of hydrogen-bond acceptors (Lipinski definition) is 3. The molecule has 0 aliphatic carbocycles. The first-order chi connectivity index (χ1) is 10.3. The Bertz CT molecular complexity index is 773. The van der Waals surface area contributed by atoms with E-state index in [9.17, 15) is 4.79 Å². The van der Waals surface area contributed by atoms with Crippen molar-refractivity contribution in [2.24, 2.45) is 0 Å².